The molecule has 0 spiro atoms. The molecule has 0 unspecified atom stereocenters. The molecule has 27 heavy (non-hydrogen) atoms. The topological polar surface area (TPSA) is 46.9 Å². The van der Waals surface area contributed by atoms with Gasteiger partial charge in [0.2, 0.25) is 0 Å². The number of aryl methyl sites for hydroxylation is 2. The van der Waals surface area contributed by atoms with Crippen molar-refractivity contribution in [1.29, 1.82) is 0 Å². The second-order valence-electron chi connectivity index (χ2n) is 6.31. The Bertz CT molecular complexity index is 1090. The van der Waals surface area contributed by atoms with E-state index in [1.54, 1.807) is 24.3 Å². The molecule has 3 aromatic carbocycles. The molecule has 0 aliphatic heterocycles. The molecule has 0 saturated carbocycles. The molecule has 1 aromatic heterocycles. The average Bonchev–Trinajstić information content (AvgIpc) is 3.10. The van der Waals surface area contributed by atoms with Crippen LogP contribution in [0.5, 0.6) is 0 Å². The average molecular weight is 376 g/mol. The molecule has 4 aromatic rings. The first-order chi connectivity index (χ1) is 13.2. The van der Waals surface area contributed by atoms with Crippen molar-refractivity contribution >= 4 is 34.2 Å². The Morgan fingerprint density at radius 1 is 1.00 bits per heavy atom. The molecule has 0 aliphatic carbocycles. The van der Waals surface area contributed by atoms with Gasteiger partial charge in [-0.3, -0.25) is 4.79 Å². The third-order valence-corrected chi connectivity index (χ3v) is 4.81. The van der Waals surface area contributed by atoms with Gasteiger partial charge < -0.3 is 9.88 Å². The van der Waals surface area contributed by atoms with E-state index in [0.29, 0.717) is 16.3 Å². The van der Waals surface area contributed by atoms with Gasteiger partial charge in [-0.05, 0) is 42.3 Å². The second-order valence-corrected chi connectivity index (χ2v) is 6.72. The predicted molar refractivity (Wildman–Crippen MR) is 109 cm³/mol. The predicted octanol–water partition coefficient (Wildman–Crippen LogP) is 5.18. The maximum Gasteiger partial charge on any atom is 0.257 e. The van der Waals surface area contributed by atoms with E-state index in [1.165, 1.54) is 5.56 Å². The lowest BCUT2D eigenvalue weighted by Crippen LogP contribution is -2.12. The molecule has 0 saturated heterocycles. The molecule has 0 atom stereocenters. The van der Waals surface area contributed by atoms with Gasteiger partial charge in [-0.15, -0.1) is 0 Å². The Hall–Kier alpha value is -3.11. The minimum absolute atomic E-state index is 0.233. The van der Waals surface area contributed by atoms with Crippen LogP contribution >= 0.6 is 11.6 Å². The molecule has 1 amide bonds. The van der Waals surface area contributed by atoms with E-state index in [4.69, 9.17) is 11.6 Å². The van der Waals surface area contributed by atoms with Gasteiger partial charge in [0.25, 0.3) is 5.91 Å². The summed E-state index contributed by atoms with van der Waals surface area (Å²) in [4.78, 5) is 16.9. The van der Waals surface area contributed by atoms with Crippen molar-refractivity contribution < 1.29 is 4.79 Å². The molecule has 0 bridgehead atoms. The van der Waals surface area contributed by atoms with Gasteiger partial charge in [0.15, 0.2) is 0 Å². The van der Waals surface area contributed by atoms with Crippen LogP contribution in [0, 0.1) is 0 Å². The summed E-state index contributed by atoms with van der Waals surface area (Å²) in [7, 11) is 0. The second kappa shape index (κ2) is 7.64. The Morgan fingerprint density at radius 3 is 2.59 bits per heavy atom. The van der Waals surface area contributed by atoms with Crippen molar-refractivity contribution in [2.24, 2.45) is 0 Å². The lowest BCUT2D eigenvalue weighted by molar-refractivity contribution is 0.102. The minimum Gasteiger partial charge on any atom is -0.330 e. The first-order valence-electron chi connectivity index (χ1n) is 8.75. The summed E-state index contributed by atoms with van der Waals surface area (Å²) in [5.74, 6) is -0.233. The van der Waals surface area contributed by atoms with Crippen LogP contribution in [0.3, 0.4) is 0 Å². The van der Waals surface area contributed by atoms with Crippen LogP contribution < -0.4 is 5.32 Å². The third kappa shape index (κ3) is 3.86. The Labute approximate surface area is 162 Å². The lowest BCUT2D eigenvalue weighted by Gasteiger charge is -2.08. The molecular formula is C22H18ClN3O. The third-order valence-electron chi connectivity index (χ3n) is 4.48. The van der Waals surface area contributed by atoms with Crippen LogP contribution in [-0.4, -0.2) is 15.5 Å². The number of amides is 1. The summed E-state index contributed by atoms with van der Waals surface area (Å²) in [6.45, 7) is 0.853. The number of nitrogens with one attached hydrogen (secondary N) is 1. The number of nitrogens with zero attached hydrogens (tertiary/aromatic N) is 2. The van der Waals surface area contributed by atoms with Crippen LogP contribution in [0.1, 0.15) is 15.9 Å². The lowest BCUT2D eigenvalue weighted by atomic mass is 10.1. The summed E-state index contributed by atoms with van der Waals surface area (Å²) < 4.78 is 2.13. The number of rotatable bonds is 5. The van der Waals surface area contributed by atoms with Crippen LogP contribution in [0.2, 0.25) is 5.02 Å². The van der Waals surface area contributed by atoms with Crippen molar-refractivity contribution in [3.8, 4) is 0 Å². The first-order valence-corrected chi connectivity index (χ1v) is 9.13. The van der Waals surface area contributed by atoms with E-state index >= 15 is 0 Å². The fourth-order valence-electron chi connectivity index (χ4n) is 3.06. The van der Waals surface area contributed by atoms with E-state index < -0.39 is 0 Å². The minimum atomic E-state index is -0.233. The molecule has 5 heteroatoms. The zero-order valence-corrected chi connectivity index (χ0v) is 15.4. The standard InChI is InChI=1S/C22H18ClN3O/c23-19-9-5-4-8-18(19)22(27)25-17-10-11-21-20(14-17)24-15-26(21)13-12-16-6-2-1-3-7-16/h1-11,14-15H,12-13H2,(H,25,27). The highest BCUT2D eigenvalue weighted by molar-refractivity contribution is 6.34. The summed E-state index contributed by atoms with van der Waals surface area (Å²) >= 11 is 6.09. The van der Waals surface area contributed by atoms with Crippen molar-refractivity contribution in [3.63, 3.8) is 0 Å². The molecule has 4 nitrogen and oxygen atoms in total. The van der Waals surface area contributed by atoms with Crippen LogP contribution in [0.15, 0.2) is 79.1 Å². The number of imidazole rings is 1. The van der Waals surface area contributed by atoms with Crippen LogP contribution in [-0.2, 0) is 13.0 Å². The molecule has 1 heterocycles. The number of benzene rings is 3. The highest BCUT2D eigenvalue weighted by Crippen LogP contribution is 2.21. The summed E-state index contributed by atoms with van der Waals surface area (Å²) in [6, 6.07) is 23.1. The van der Waals surface area contributed by atoms with Gasteiger partial charge >= 0.3 is 0 Å². The number of fused-ring (bicyclic) bond motifs is 1. The van der Waals surface area contributed by atoms with Gasteiger partial charge in [0.05, 0.1) is 27.9 Å². The molecule has 0 fully saturated rings. The van der Waals surface area contributed by atoms with Gasteiger partial charge in [-0.25, -0.2) is 4.98 Å². The quantitative estimate of drug-likeness (QED) is 0.522. The number of aromatic nitrogens is 2. The van der Waals surface area contributed by atoms with Gasteiger partial charge in [-0.1, -0.05) is 54.1 Å². The zero-order valence-electron chi connectivity index (χ0n) is 14.6. The highest BCUT2D eigenvalue weighted by Gasteiger charge is 2.11. The maximum atomic E-state index is 12.4. The highest BCUT2D eigenvalue weighted by atomic mass is 35.5. The van der Waals surface area contributed by atoms with E-state index in [1.807, 2.05) is 30.6 Å². The van der Waals surface area contributed by atoms with E-state index in [2.05, 4.69) is 39.1 Å². The van der Waals surface area contributed by atoms with Crippen LogP contribution in [0.4, 0.5) is 5.69 Å². The molecule has 4 rings (SSSR count). The number of carbonyl (C=O) groups is 1. The molecule has 0 radical (unpaired) electrons. The number of hydrogen-bond donors (Lipinski definition) is 1. The summed E-state index contributed by atoms with van der Waals surface area (Å²) in [5.41, 5.74) is 4.33. The van der Waals surface area contributed by atoms with E-state index in [0.717, 1.165) is 24.0 Å². The molecular weight excluding hydrogens is 358 g/mol. The first kappa shape index (κ1) is 17.3. The Morgan fingerprint density at radius 2 is 1.78 bits per heavy atom. The number of halogens is 1. The number of carbonyl (C=O) groups excluding carboxylic acids is 1. The molecule has 1 N–H and O–H groups in total. The number of anilines is 1. The smallest absolute Gasteiger partial charge is 0.257 e. The normalized spacial score (nSPS) is 10.9. The zero-order chi connectivity index (χ0) is 18.6. The van der Waals surface area contributed by atoms with Crippen LogP contribution in [0.25, 0.3) is 11.0 Å². The summed E-state index contributed by atoms with van der Waals surface area (Å²) in [5, 5.41) is 3.32. The fraction of sp³-hybridized carbons (Fsp3) is 0.0909. The van der Waals surface area contributed by atoms with Crippen molar-refractivity contribution in [2.45, 2.75) is 13.0 Å². The molecule has 0 aliphatic rings. The number of hydrogen-bond acceptors (Lipinski definition) is 2. The maximum absolute atomic E-state index is 12.4. The monoisotopic (exact) mass is 375 g/mol. The Kier molecular flexibility index (Phi) is 4.90. The van der Waals surface area contributed by atoms with Crippen molar-refractivity contribution in [3.05, 3.63) is 95.3 Å². The van der Waals surface area contributed by atoms with Crippen molar-refractivity contribution in [1.82, 2.24) is 9.55 Å². The van der Waals surface area contributed by atoms with Crippen molar-refractivity contribution in [2.75, 3.05) is 5.32 Å². The Balaban J connectivity index is 1.50. The summed E-state index contributed by atoms with van der Waals surface area (Å²) in [6.07, 6.45) is 2.78. The molecule has 134 valence electrons. The van der Waals surface area contributed by atoms with Gasteiger partial charge in [-0.2, -0.15) is 0 Å². The fourth-order valence-corrected chi connectivity index (χ4v) is 3.28. The van der Waals surface area contributed by atoms with E-state index in [9.17, 15) is 4.79 Å². The van der Waals surface area contributed by atoms with E-state index in [-0.39, 0.29) is 5.91 Å². The van der Waals surface area contributed by atoms with Gasteiger partial charge in [0.1, 0.15) is 0 Å². The SMILES string of the molecule is O=C(Nc1ccc2c(c1)ncn2CCc1ccccc1)c1ccccc1Cl. The van der Waals surface area contributed by atoms with Gasteiger partial charge in [0, 0.05) is 12.2 Å². The largest absolute Gasteiger partial charge is 0.330 e.